The average molecular weight is 593 g/mol. The Morgan fingerprint density at radius 3 is 2.51 bits per heavy atom. The summed E-state index contributed by atoms with van der Waals surface area (Å²) in [5.41, 5.74) is 9.76. The quantitative estimate of drug-likeness (QED) is 0.248. The fraction of sp³-hybridized carbons (Fsp3) is 0.516. The van der Waals surface area contributed by atoms with Crippen molar-refractivity contribution >= 4 is 34.5 Å². The van der Waals surface area contributed by atoms with Gasteiger partial charge in [-0.25, -0.2) is 4.79 Å². The van der Waals surface area contributed by atoms with E-state index in [1.807, 2.05) is 56.9 Å². The highest BCUT2D eigenvalue weighted by molar-refractivity contribution is 5.90. The van der Waals surface area contributed by atoms with E-state index in [4.69, 9.17) is 10.5 Å². The number of fused-ring (bicyclic) bond motifs is 1. The molecule has 0 saturated carbocycles. The number of nitrogens with zero attached hydrogens (tertiary/aromatic N) is 4. The zero-order chi connectivity index (χ0) is 31.0. The molecule has 0 aliphatic carbocycles. The SMILES string of the molecule is Cc1cc(C[C@@H](N)C(=O)N[C@@H](CCCCNC(=O)OC(C)(C)C)C(=O)N2CCN(c3ccncc3)CC2)cc2cn[nH]c12. The van der Waals surface area contributed by atoms with Crippen LogP contribution in [0.15, 0.2) is 42.9 Å². The molecule has 3 aromatic rings. The Kier molecular flexibility index (Phi) is 10.6. The Bertz CT molecular complexity index is 1380. The highest BCUT2D eigenvalue weighted by Gasteiger charge is 2.30. The lowest BCUT2D eigenvalue weighted by atomic mass is 10.0. The molecule has 1 fully saturated rings. The number of aryl methyl sites for hydroxylation is 1. The number of hydrogen-bond donors (Lipinski definition) is 4. The molecule has 3 heterocycles. The maximum atomic E-state index is 13.7. The molecular formula is C31H44N8O4. The van der Waals surface area contributed by atoms with Gasteiger partial charge in [0.25, 0.3) is 0 Å². The lowest BCUT2D eigenvalue weighted by Crippen LogP contribution is -2.57. The molecule has 3 amide bonds. The van der Waals surface area contributed by atoms with Crippen LogP contribution in [-0.2, 0) is 20.7 Å². The fourth-order valence-electron chi connectivity index (χ4n) is 5.25. The van der Waals surface area contributed by atoms with Gasteiger partial charge in [0, 0.05) is 56.2 Å². The number of rotatable bonds is 11. The molecule has 1 aliphatic heterocycles. The number of pyridine rings is 1. The van der Waals surface area contributed by atoms with Gasteiger partial charge in [0.15, 0.2) is 0 Å². The summed E-state index contributed by atoms with van der Waals surface area (Å²) in [5, 5.41) is 13.7. The van der Waals surface area contributed by atoms with E-state index >= 15 is 0 Å². The van der Waals surface area contributed by atoms with E-state index < -0.39 is 23.8 Å². The Morgan fingerprint density at radius 2 is 1.81 bits per heavy atom. The van der Waals surface area contributed by atoms with Crippen LogP contribution in [0.1, 0.15) is 51.2 Å². The van der Waals surface area contributed by atoms with Crippen molar-refractivity contribution in [3.63, 3.8) is 0 Å². The Hall–Kier alpha value is -4.19. The predicted octanol–water partition coefficient (Wildman–Crippen LogP) is 2.66. The number of H-pyrrole nitrogens is 1. The van der Waals surface area contributed by atoms with Gasteiger partial charge in [-0.2, -0.15) is 5.10 Å². The van der Waals surface area contributed by atoms with E-state index in [0.29, 0.717) is 58.4 Å². The maximum absolute atomic E-state index is 13.7. The Balaban J connectivity index is 1.35. The zero-order valence-corrected chi connectivity index (χ0v) is 25.6. The number of aromatic amines is 1. The van der Waals surface area contributed by atoms with Gasteiger partial charge < -0.3 is 30.9 Å². The van der Waals surface area contributed by atoms with Crippen LogP contribution in [-0.4, -0.2) is 88.4 Å². The smallest absolute Gasteiger partial charge is 0.407 e. The van der Waals surface area contributed by atoms with E-state index in [0.717, 1.165) is 27.7 Å². The molecule has 0 bridgehead atoms. The molecule has 4 rings (SSSR count). The van der Waals surface area contributed by atoms with Crippen LogP contribution in [0.2, 0.25) is 0 Å². The molecule has 0 unspecified atom stereocenters. The summed E-state index contributed by atoms with van der Waals surface area (Å²) < 4.78 is 5.28. The van der Waals surface area contributed by atoms with Crippen LogP contribution < -0.4 is 21.3 Å². The van der Waals surface area contributed by atoms with Crippen molar-refractivity contribution < 1.29 is 19.1 Å². The number of nitrogens with two attached hydrogens (primary N) is 1. The lowest BCUT2D eigenvalue weighted by Gasteiger charge is -2.37. The third-order valence-corrected chi connectivity index (χ3v) is 7.42. The van der Waals surface area contributed by atoms with Gasteiger partial charge in [-0.1, -0.05) is 6.07 Å². The summed E-state index contributed by atoms with van der Waals surface area (Å²) in [4.78, 5) is 47.0. The molecule has 2 atom stereocenters. The number of benzene rings is 1. The summed E-state index contributed by atoms with van der Waals surface area (Å²) in [7, 11) is 0. The number of ether oxygens (including phenoxy) is 1. The topological polar surface area (TPSA) is 159 Å². The molecule has 5 N–H and O–H groups in total. The second-order valence-corrected chi connectivity index (χ2v) is 12.1. The van der Waals surface area contributed by atoms with Gasteiger partial charge in [0.1, 0.15) is 11.6 Å². The van der Waals surface area contributed by atoms with Crippen LogP contribution in [0.5, 0.6) is 0 Å². The molecule has 43 heavy (non-hydrogen) atoms. The van der Waals surface area contributed by atoms with Crippen LogP contribution in [0, 0.1) is 6.92 Å². The number of hydrogen-bond acceptors (Lipinski definition) is 8. The first-order valence-corrected chi connectivity index (χ1v) is 14.9. The third kappa shape index (κ3) is 9.15. The van der Waals surface area contributed by atoms with Crippen molar-refractivity contribution in [2.45, 2.75) is 71.1 Å². The molecule has 0 radical (unpaired) electrons. The fourth-order valence-corrected chi connectivity index (χ4v) is 5.25. The van der Waals surface area contributed by atoms with E-state index in [1.165, 1.54) is 0 Å². The number of aromatic nitrogens is 3. The Labute approximate surface area is 252 Å². The minimum atomic E-state index is -0.823. The minimum absolute atomic E-state index is 0.120. The van der Waals surface area contributed by atoms with Crippen molar-refractivity contribution in [3.05, 3.63) is 54.0 Å². The first-order chi connectivity index (χ1) is 20.5. The van der Waals surface area contributed by atoms with Crippen molar-refractivity contribution in [1.29, 1.82) is 0 Å². The standard InChI is InChI=1S/C31H44N8O4/c1-21-17-22(18-23-20-35-37-27(21)23)19-25(32)28(40)36-26(7-5-6-10-34-30(42)43-31(2,3)4)29(41)39-15-13-38(14-16-39)24-8-11-33-12-9-24/h8-9,11-12,17-18,20,25-26H,5-7,10,13-16,19,32H2,1-4H3,(H,34,42)(H,35,37)(H,36,40)/t25-,26+/m1/s1. The first-order valence-electron chi connectivity index (χ1n) is 14.9. The summed E-state index contributed by atoms with van der Waals surface area (Å²) in [6, 6.07) is 6.34. The van der Waals surface area contributed by atoms with E-state index in [2.05, 4.69) is 30.7 Å². The van der Waals surface area contributed by atoms with E-state index in [9.17, 15) is 14.4 Å². The summed E-state index contributed by atoms with van der Waals surface area (Å²) >= 11 is 0. The molecule has 1 saturated heterocycles. The van der Waals surface area contributed by atoms with Crippen LogP contribution >= 0.6 is 0 Å². The number of carbonyl (C=O) groups excluding carboxylic acids is 3. The van der Waals surface area contributed by atoms with Crippen LogP contribution in [0.25, 0.3) is 10.9 Å². The lowest BCUT2D eigenvalue weighted by molar-refractivity contribution is -0.137. The molecule has 1 aromatic carbocycles. The summed E-state index contributed by atoms with van der Waals surface area (Å²) in [5.74, 6) is -0.490. The van der Waals surface area contributed by atoms with Gasteiger partial charge in [-0.05, 0) is 82.7 Å². The Morgan fingerprint density at radius 1 is 1.09 bits per heavy atom. The monoisotopic (exact) mass is 592 g/mol. The number of amides is 3. The van der Waals surface area contributed by atoms with Crippen LogP contribution in [0.4, 0.5) is 10.5 Å². The van der Waals surface area contributed by atoms with Gasteiger partial charge in [0.05, 0.1) is 17.8 Å². The molecule has 232 valence electrons. The summed E-state index contributed by atoms with van der Waals surface area (Å²) in [6.07, 6.45) is 6.80. The number of alkyl carbamates (subject to hydrolysis) is 1. The van der Waals surface area contributed by atoms with E-state index in [1.54, 1.807) is 18.6 Å². The zero-order valence-electron chi connectivity index (χ0n) is 25.6. The second kappa shape index (κ2) is 14.3. The summed E-state index contributed by atoms with van der Waals surface area (Å²) in [6.45, 7) is 10.3. The second-order valence-electron chi connectivity index (χ2n) is 12.1. The van der Waals surface area contributed by atoms with Crippen molar-refractivity contribution in [1.82, 2.24) is 30.7 Å². The molecular weight excluding hydrogens is 548 g/mol. The third-order valence-electron chi connectivity index (χ3n) is 7.42. The number of piperazine rings is 1. The maximum Gasteiger partial charge on any atom is 0.407 e. The van der Waals surface area contributed by atoms with Gasteiger partial charge >= 0.3 is 6.09 Å². The van der Waals surface area contributed by atoms with Crippen LogP contribution in [0.3, 0.4) is 0 Å². The number of unbranched alkanes of at least 4 members (excludes halogenated alkanes) is 1. The van der Waals surface area contributed by atoms with Crippen molar-refractivity contribution in [2.75, 3.05) is 37.6 Å². The highest BCUT2D eigenvalue weighted by atomic mass is 16.6. The highest BCUT2D eigenvalue weighted by Crippen LogP contribution is 2.20. The molecule has 1 aliphatic rings. The number of carbonyl (C=O) groups is 3. The molecule has 0 spiro atoms. The predicted molar refractivity (Wildman–Crippen MR) is 166 cm³/mol. The van der Waals surface area contributed by atoms with E-state index in [-0.39, 0.29) is 11.8 Å². The van der Waals surface area contributed by atoms with Gasteiger partial charge in [-0.15, -0.1) is 0 Å². The molecule has 2 aromatic heterocycles. The molecule has 12 heteroatoms. The largest absolute Gasteiger partial charge is 0.444 e. The van der Waals surface area contributed by atoms with Crippen molar-refractivity contribution in [2.24, 2.45) is 5.73 Å². The average Bonchev–Trinajstić information content (AvgIpc) is 3.45. The van der Waals surface area contributed by atoms with Gasteiger partial charge in [0.2, 0.25) is 11.8 Å². The first kappa shape index (κ1) is 31.7. The van der Waals surface area contributed by atoms with Crippen molar-refractivity contribution in [3.8, 4) is 0 Å². The normalized spacial score (nSPS) is 15.2. The number of anilines is 1. The minimum Gasteiger partial charge on any atom is -0.444 e. The molecule has 12 nitrogen and oxygen atoms in total. The van der Waals surface area contributed by atoms with Gasteiger partial charge in [-0.3, -0.25) is 19.7 Å². The number of nitrogens with one attached hydrogen (secondary N) is 3.